The average molecular weight is 253 g/mol. The monoisotopic (exact) mass is 253 g/mol. The van der Waals surface area contributed by atoms with Gasteiger partial charge in [0.05, 0.1) is 17.9 Å². The Bertz CT molecular complexity index is 355. The number of pyridine rings is 1. The standard InChI is InChI=1S/C13H19NO2S/c1-3-12(15)11-5-4-10(8-14-11)17-13-6-7-16-9(13)2/h4-5,8-9,12-13,15H,3,6-7H2,1-2H3/t9?,12-,13?/m0/s1. The maximum absolute atomic E-state index is 9.66. The largest absolute Gasteiger partial charge is 0.387 e. The molecule has 1 aromatic rings. The van der Waals surface area contributed by atoms with Crippen molar-refractivity contribution in [3.05, 3.63) is 24.0 Å². The third-order valence-electron chi connectivity index (χ3n) is 3.08. The maximum atomic E-state index is 9.66. The molecule has 0 spiro atoms. The minimum absolute atomic E-state index is 0.320. The van der Waals surface area contributed by atoms with Crippen LogP contribution in [0, 0.1) is 0 Å². The number of aliphatic hydroxyl groups excluding tert-OH is 1. The molecule has 3 nitrogen and oxygen atoms in total. The van der Waals surface area contributed by atoms with Gasteiger partial charge in [-0.3, -0.25) is 4.98 Å². The van der Waals surface area contributed by atoms with E-state index in [4.69, 9.17) is 4.74 Å². The summed E-state index contributed by atoms with van der Waals surface area (Å²) in [6.45, 7) is 4.93. The first-order valence-electron chi connectivity index (χ1n) is 6.13. The lowest BCUT2D eigenvalue weighted by atomic mass is 10.2. The van der Waals surface area contributed by atoms with E-state index in [9.17, 15) is 5.11 Å². The van der Waals surface area contributed by atoms with Crippen LogP contribution in [0.1, 0.15) is 38.5 Å². The van der Waals surface area contributed by atoms with E-state index < -0.39 is 6.10 Å². The molecule has 0 saturated carbocycles. The molecule has 2 unspecified atom stereocenters. The van der Waals surface area contributed by atoms with Crippen LogP contribution in [0.5, 0.6) is 0 Å². The highest BCUT2D eigenvalue weighted by molar-refractivity contribution is 8.00. The fraction of sp³-hybridized carbons (Fsp3) is 0.615. The predicted octanol–water partition coefficient (Wildman–Crippen LogP) is 2.79. The topological polar surface area (TPSA) is 42.4 Å². The number of aliphatic hydroxyl groups is 1. The summed E-state index contributed by atoms with van der Waals surface area (Å²) in [4.78, 5) is 5.46. The Morgan fingerprint density at radius 3 is 2.94 bits per heavy atom. The highest BCUT2D eigenvalue weighted by Crippen LogP contribution is 2.32. The molecule has 1 fully saturated rings. The molecule has 1 aliphatic heterocycles. The molecule has 0 radical (unpaired) electrons. The number of nitrogens with zero attached hydrogens (tertiary/aromatic N) is 1. The number of hydrogen-bond donors (Lipinski definition) is 1. The third kappa shape index (κ3) is 3.21. The van der Waals surface area contributed by atoms with E-state index in [1.54, 1.807) is 0 Å². The zero-order chi connectivity index (χ0) is 12.3. The molecule has 0 amide bonds. The van der Waals surface area contributed by atoms with Gasteiger partial charge in [0.25, 0.3) is 0 Å². The van der Waals surface area contributed by atoms with Crippen LogP contribution in [0.25, 0.3) is 0 Å². The van der Waals surface area contributed by atoms with Crippen molar-refractivity contribution >= 4 is 11.8 Å². The van der Waals surface area contributed by atoms with Gasteiger partial charge in [-0.2, -0.15) is 0 Å². The Hall–Kier alpha value is -0.580. The summed E-state index contributed by atoms with van der Waals surface area (Å²) in [5.74, 6) is 0. The summed E-state index contributed by atoms with van der Waals surface area (Å²) in [7, 11) is 0. The predicted molar refractivity (Wildman–Crippen MR) is 69.2 cm³/mol. The van der Waals surface area contributed by atoms with Gasteiger partial charge in [0, 0.05) is 22.9 Å². The van der Waals surface area contributed by atoms with E-state index in [0.717, 1.165) is 23.6 Å². The molecule has 1 aromatic heterocycles. The molecule has 0 aliphatic carbocycles. The summed E-state index contributed by atoms with van der Waals surface area (Å²) in [6, 6.07) is 3.95. The number of aromatic nitrogens is 1. The minimum Gasteiger partial charge on any atom is -0.387 e. The molecule has 1 aliphatic rings. The molecule has 0 aromatic carbocycles. The second kappa shape index (κ2) is 5.85. The van der Waals surface area contributed by atoms with Gasteiger partial charge in [0.2, 0.25) is 0 Å². The van der Waals surface area contributed by atoms with Gasteiger partial charge < -0.3 is 9.84 Å². The normalized spacial score (nSPS) is 26.1. The van der Waals surface area contributed by atoms with Crippen molar-refractivity contribution in [1.82, 2.24) is 4.98 Å². The Kier molecular flexibility index (Phi) is 4.42. The first-order valence-corrected chi connectivity index (χ1v) is 7.01. The fourth-order valence-corrected chi connectivity index (χ4v) is 3.00. The molecule has 1 N–H and O–H groups in total. The zero-order valence-corrected chi connectivity index (χ0v) is 11.1. The van der Waals surface area contributed by atoms with Crippen molar-refractivity contribution in [3.8, 4) is 0 Å². The first-order chi connectivity index (χ1) is 8.20. The summed E-state index contributed by atoms with van der Waals surface area (Å²) in [5.41, 5.74) is 0.757. The lowest BCUT2D eigenvalue weighted by Crippen LogP contribution is -2.13. The fourth-order valence-electron chi connectivity index (χ4n) is 1.91. The van der Waals surface area contributed by atoms with Gasteiger partial charge in [-0.1, -0.05) is 6.92 Å². The van der Waals surface area contributed by atoms with Crippen LogP contribution in [-0.4, -0.2) is 28.1 Å². The number of thioether (sulfide) groups is 1. The van der Waals surface area contributed by atoms with Crippen molar-refractivity contribution < 1.29 is 9.84 Å². The van der Waals surface area contributed by atoms with Crippen molar-refractivity contribution in [2.24, 2.45) is 0 Å². The molecule has 94 valence electrons. The highest BCUT2D eigenvalue weighted by Gasteiger charge is 2.25. The highest BCUT2D eigenvalue weighted by atomic mass is 32.2. The Morgan fingerprint density at radius 2 is 2.41 bits per heavy atom. The maximum Gasteiger partial charge on any atom is 0.0957 e. The molecule has 2 heterocycles. The van der Waals surface area contributed by atoms with Crippen LogP contribution >= 0.6 is 11.8 Å². The van der Waals surface area contributed by atoms with E-state index in [1.165, 1.54) is 0 Å². The number of rotatable bonds is 4. The van der Waals surface area contributed by atoms with Gasteiger partial charge in [0.15, 0.2) is 0 Å². The van der Waals surface area contributed by atoms with Crippen molar-refractivity contribution in [1.29, 1.82) is 0 Å². The van der Waals surface area contributed by atoms with Crippen LogP contribution in [0.2, 0.25) is 0 Å². The average Bonchev–Trinajstić information content (AvgIpc) is 2.75. The summed E-state index contributed by atoms with van der Waals surface area (Å²) < 4.78 is 5.54. The van der Waals surface area contributed by atoms with E-state index in [-0.39, 0.29) is 0 Å². The quantitative estimate of drug-likeness (QED) is 0.896. The molecular weight excluding hydrogens is 234 g/mol. The van der Waals surface area contributed by atoms with Crippen LogP contribution in [-0.2, 0) is 4.74 Å². The lowest BCUT2D eigenvalue weighted by Gasteiger charge is -2.13. The van der Waals surface area contributed by atoms with E-state index in [2.05, 4.69) is 11.9 Å². The van der Waals surface area contributed by atoms with E-state index >= 15 is 0 Å². The van der Waals surface area contributed by atoms with Crippen LogP contribution < -0.4 is 0 Å². The second-order valence-electron chi connectivity index (χ2n) is 4.36. The Labute approximate surface area is 107 Å². The molecular formula is C13H19NO2S. The SMILES string of the molecule is CC[C@H](O)c1ccc(SC2CCOC2C)cn1. The zero-order valence-electron chi connectivity index (χ0n) is 10.3. The van der Waals surface area contributed by atoms with Gasteiger partial charge in [-0.25, -0.2) is 0 Å². The summed E-state index contributed by atoms with van der Waals surface area (Å²) in [5, 5.41) is 10.2. The molecule has 2 rings (SSSR count). The Balaban J connectivity index is 1.98. The smallest absolute Gasteiger partial charge is 0.0957 e. The molecule has 17 heavy (non-hydrogen) atoms. The van der Waals surface area contributed by atoms with E-state index in [0.29, 0.717) is 17.8 Å². The van der Waals surface area contributed by atoms with E-state index in [1.807, 2.05) is 37.0 Å². The van der Waals surface area contributed by atoms with Crippen molar-refractivity contribution in [3.63, 3.8) is 0 Å². The molecule has 3 atom stereocenters. The molecule has 0 bridgehead atoms. The second-order valence-corrected chi connectivity index (χ2v) is 5.68. The third-order valence-corrected chi connectivity index (χ3v) is 4.52. The van der Waals surface area contributed by atoms with Crippen LogP contribution in [0.3, 0.4) is 0 Å². The Morgan fingerprint density at radius 1 is 1.59 bits per heavy atom. The number of ether oxygens (including phenoxy) is 1. The molecule has 4 heteroatoms. The lowest BCUT2D eigenvalue weighted by molar-refractivity contribution is 0.127. The molecule has 1 saturated heterocycles. The van der Waals surface area contributed by atoms with Gasteiger partial charge >= 0.3 is 0 Å². The van der Waals surface area contributed by atoms with Crippen molar-refractivity contribution in [2.75, 3.05) is 6.61 Å². The number of hydrogen-bond acceptors (Lipinski definition) is 4. The minimum atomic E-state index is -0.442. The van der Waals surface area contributed by atoms with Crippen LogP contribution in [0.4, 0.5) is 0 Å². The van der Waals surface area contributed by atoms with Crippen molar-refractivity contribution in [2.45, 2.75) is 49.0 Å². The first kappa shape index (κ1) is 12.9. The van der Waals surface area contributed by atoms with Gasteiger partial charge in [0.1, 0.15) is 0 Å². The van der Waals surface area contributed by atoms with Gasteiger partial charge in [-0.15, -0.1) is 11.8 Å². The summed E-state index contributed by atoms with van der Waals surface area (Å²) in [6.07, 6.45) is 3.53. The summed E-state index contributed by atoms with van der Waals surface area (Å²) >= 11 is 1.82. The van der Waals surface area contributed by atoms with Gasteiger partial charge in [-0.05, 0) is 31.9 Å². The van der Waals surface area contributed by atoms with Crippen LogP contribution in [0.15, 0.2) is 23.2 Å².